The number of rotatable bonds is 4. The highest BCUT2D eigenvalue weighted by atomic mass is 19.4. The molecule has 0 spiro atoms. The molecule has 0 aromatic heterocycles. The molecule has 1 rings (SSSR count). The Hall–Kier alpha value is -1.07. The van der Waals surface area contributed by atoms with Crippen molar-refractivity contribution < 1.29 is 17.9 Å². The van der Waals surface area contributed by atoms with E-state index in [1.54, 1.807) is 0 Å². The lowest BCUT2D eigenvalue weighted by atomic mass is 10.1. The van der Waals surface area contributed by atoms with E-state index in [1.165, 1.54) is 12.1 Å². The van der Waals surface area contributed by atoms with E-state index in [1.807, 2.05) is 6.92 Å². The SMILES string of the molecule is CCO[C@H](CN)c1ccc(C(F)(F)F)cc1. The van der Waals surface area contributed by atoms with Crippen LogP contribution in [0.5, 0.6) is 0 Å². The molecule has 1 aromatic rings. The van der Waals surface area contributed by atoms with Gasteiger partial charge in [0.2, 0.25) is 0 Å². The van der Waals surface area contributed by atoms with Crippen LogP contribution < -0.4 is 5.73 Å². The normalized spacial score (nSPS) is 13.8. The quantitative estimate of drug-likeness (QED) is 0.867. The van der Waals surface area contributed by atoms with Crippen LogP contribution in [-0.4, -0.2) is 13.2 Å². The molecule has 0 radical (unpaired) electrons. The highest BCUT2D eigenvalue weighted by Crippen LogP contribution is 2.30. The van der Waals surface area contributed by atoms with Crippen LogP contribution in [0, 0.1) is 0 Å². The van der Waals surface area contributed by atoms with Gasteiger partial charge in [0.1, 0.15) is 0 Å². The maximum Gasteiger partial charge on any atom is 0.416 e. The van der Waals surface area contributed by atoms with E-state index < -0.39 is 11.7 Å². The summed E-state index contributed by atoms with van der Waals surface area (Å²) >= 11 is 0. The zero-order chi connectivity index (χ0) is 12.2. The van der Waals surface area contributed by atoms with Gasteiger partial charge in [-0.05, 0) is 24.6 Å². The van der Waals surface area contributed by atoms with Crippen molar-refractivity contribution in [3.8, 4) is 0 Å². The van der Waals surface area contributed by atoms with Crippen molar-refractivity contribution in [3.05, 3.63) is 35.4 Å². The Morgan fingerprint density at radius 2 is 1.81 bits per heavy atom. The lowest BCUT2D eigenvalue weighted by molar-refractivity contribution is -0.137. The van der Waals surface area contributed by atoms with Crippen LogP contribution >= 0.6 is 0 Å². The minimum atomic E-state index is -4.30. The topological polar surface area (TPSA) is 35.2 Å². The molecular formula is C11H14F3NO. The molecule has 0 saturated carbocycles. The van der Waals surface area contributed by atoms with Gasteiger partial charge in [0.15, 0.2) is 0 Å². The monoisotopic (exact) mass is 233 g/mol. The minimum absolute atomic E-state index is 0.249. The first kappa shape index (κ1) is 13.0. The highest BCUT2D eigenvalue weighted by molar-refractivity contribution is 5.26. The molecule has 0 fully saturated rings. The first-order chi connectivity index (χ1) is 7.49. The average molecular weight is 233 g/mol. The summed E-state index contributed by atoms with van der Waals surface area (Å²) in [6.07, 6.45) is -4.64. The third-order valence-electron chi connectivity index (χ3n) is 2.19. The zero-order valence-corrected chi connectivity index (χ0v) is 8.92. The standard InChI is InChI=1S/C11H14F3NO/c1-2-16-10(7-15)8-3-5-9(6-4-8)11(12,13)14/h3-6,10H,2,7,15H2,1H3/t10-/m1/s1. The molecular weight excluding hydrogens is 219 g/mol. The smallest absolute Gasteiger partial charge is 0.372 e. The molecule has 0 heterocycles. The number of hydrogen-bond acceptors (Lipinski definition) is 2. The molecule has 0 bridgehead atoms. The van der Waals surface area contributed by atoms with Crippen molar-refractivity contribution in [2.75, 3.05) is 13.2 Å². The first-order valence-corrected chi connectivity index (χ1v) is 4.97. The predicted molar refractivity (Wildman–Crippen MR) is 54.9 cm³/mol. The second-order valence-corrected chi connectivity index (χ2v) is 3.30. The Labute approximate surface area is 92.2 Å². The van der Waals surface area contributed by atoms with Crippen molar-refractivity contribution in [1.82, 2.24) is 0 Å². The number of benzene rings is 1. The largest absolute Gasteiger partial charge is 0.416 e. The Bertz CT molecular complexity index is 321. The Morgan fingerprint density at radius 1 is 1.25 bits per heavy atom. The third kappa shape index (κ3) is 3.21. The molecule has 5 heteroatoms. The van der Waals surface area contributed by atoms with Crippen LogP contribution in [0.25, 0.3) is 0 Å². The molecule has 0 aliphatic rings. The molecule has 1 aromatic carbocycles. The Balaban J connectivity index is 2.85. The minimum Gasteiger partial charge on any atom is -0.372 e. The van der Waals surface area contributed by atoms with E-state index in [9.17, 15) is 13.2 Å². The van der Waals surface area contributed by atoms with E-state index in [-0.39, 0.29) is 12.6 Å². The fraction of sp³-hybridized carbons (Fsp3) is 0.455. The summed E-state index contributed by atoms with van der Waals surface area (Å²) in [5.41, 5.74) is 5.47. The van der Waals surface area contributed by atoms with E-state index in [0.29, 0.717) is 12.2 Å². The van der Waals surface area contributed by atoms with Gasteiger partial charge in [0, 0.05) is 13.2 Å². The summed E-state index contributed by atoms with van der Waals surface area (Å²) in [7, 11) is 0. The van der Waals surface area contributed by atoms with E-state index >= 15 is 0 Å². The van der Waals surface area contributed by atoms with Crippen LogP contribution in [0.15, 0.2) is 24.3 Å². The van der Waals surface area contributed by atoms with Crippen LogP contribution in [-0.2, 0) is 10.9 Å². The van der Waals surface area contributed by atoms with Gasteiger partial charge in [0.05, 0.1) is 11.7 Å². The molecule has 0 amide bonds. The van der Waals surface area contributed by atoms with Crippen molar-refractivity contribution >= 4 is 0 Å². The fourth-order valence-corrected chi connectivity index (χ4v) is 1.39. The van der Waals surface area contributed by atoms with Gasteiger partial charge >= 0.3 is 6.18 Å². The van der Waals surface area contributed by atoms with Crippen molar-refractivity contribution in [2.45, 2.75) is 19.2 Å². The number of alkyl halides is 3. The number of ether oxygens (including phenoxy) is 1. The predicted octanol–water partition coefficient (Wildman–Crippen LogP) is 2.74. The van der Waals surface area contributed by atoms with Gasteiger partial charge in [-0.1, -0.05) is 12.1 Å². The molecule has 0 aliphatic heterocycles. The lowest BCUT2D eigenvalue weighted by Crippen LogP contribution is -2.16. The van der Waals surface area contributed by atoms with E-state index in [4.69, 9.17) is 10.5 Å². The highest BCUT2D eigenvalue weighted by Gasteiger charge is 2.30. The number of nitrogens with two attached hydrogens (primary N) is 1. The summed E-state index contributed by atoms with van der Waals surface area (Å²) in [5, 5.41) is 0. The molecule has 2 nitrogen and oxygen atoms in total. The molecule has 0 aliphatic carbocycles. The second kappa shape index (κ2) is 5.32. The zero-order valence-electron chi connectivity index (χ0n) is 8.92. The fourth-order valence-electron chi connectivity index (χ4n) is 1.39. The van der Waals surface area contributed by atoms with Crippen LogP contribution in [0.2, 0.25) is 0 Å². The lowest BCUT2D eigenvalue weighted by Gasteiger charge is -2.16. The molecule has 16 heavy (non-hydrogen) atoms. The van der Waals surface area contributed by atoms with Gasteiger partial charge in [0.25, 0.3) is 0 Å². The second-order valence-electron chi connectivity index (χ2n) is 3.30. The molecule has 2 N–H and O–H groups in total. The maximum atomic E-state index is 12.3. The van der Waals surface area contributed by atoms with E-state index in [2.05, 4.69) is 0 Å². The molecule has 0 unspecified atom stereocenters. The summed E-state index contributed by atoms with van der Waals surface area (Å²) in [4.78, 5) is 0. The van der Waals surface area contributed by atoms with Gasteiger partial charge < -0.3 is 10.5 Å². The molecule has 0 saturated heterocycles. The summed E-state index contributed by atoms with van der Waals surface area (Å²) in [6, 6.07) is 4.88. The average Bonchev–Trinajstić information content (AvgIpc) is 2.25. The summed E-state index contributed by atoms with van der Waals surface area (Å²) in [6.45, 7) is 2.54. The molecule has 90 valence electrons. The molecule has 1 atom stereocenters. The van der Waals surface area contributed by atoms with Crippen molar-refractivity contribution in [1.29, 1.82) is 0 Å². The van der Waals surface area contributed by atoms with Gasteiger partial charge in [-0.3, -0.25) is 0 Å². The van der Waals surface area contributed by atoms with Crippen molar-refractivity contribution in [2.24, 2.45) is 5.73 Å². The number of hydrogen-bond donors (Lipinski definition) is 1. The van der Waals surface area contributed by atoms with Gasteiger partial charge in [-0.25, -0.2) is 0 Å². The third-order valence-corrected chi connectivity index (χ3v) is 2.19. The van der Waals surface area contributed by atoms with Gasteiger partial charge in [-0.2, -0.15) is 13.2 Å². The maximum absolute atomic E-state index is 12.3. The van der Waals surface area contributed by atoms with Crippen LogP contribution in [0.4, 0.5) is 13.2 Å². The summed E-state index contributed by atoms with van der Waals surface area (Å²) < 4.78 is 42.2. The first-order valence-electron chi connectivity index (χ1n) is 4.97. The Morgan fingerprint density at radius 3 is 2.19 bits per heavy atom. The van der Waals surface area contributed by atoms with Crippen molar-refractivity contribution in [3.63, 3.8) is 0 Å². The Kier molecular flexibility index (Phi) is 4.32. The van der Waals surface area contributed by atoms with E-state index in [0.717, 1.165) is 12.1 Å². The van der Waals surface area contributed by atoms with Gasteiger partial charge in [-0.15, -0.1) is 0 Å². The van der Waals surface area contributed by atoms with Crippen LogP contribution in [0.1, 0.15) is 24.2 Å². The summed E-state index contributed by atoms with van der Waals surface area (Å²) in [5.74, 6) is 0. The number of halogens is 3. The van der Waals surface area contributed by atoms with Crippen LogP contribution in [0.3, 0.4) is 0 Å².